The number of morpholine rings is 1. The number of anilines is 2. The van der Waals surface area contributed by atoms with Gasteiger partial charge < -0.3 is 19.4 Å². The normalized spacial score (nSPS) is 15.4. The lowest BCUT2D eigenvalue weighted by molar-refractivity contribution is 0.0312. The molecule has 1 saturated heterocycles. The quantitative estimate of drug-likeness (QED) is 0.804. The zero-order valence-corrected chi connectivity index (χ0v) is 16.0. The highest BCUT2D eigenvalue weighted by atomic mass is 16.5. The van der Waals surface area contributed by atoms with E-state index in [-0.39, 0.29) is 5.92 Å². The van der Waals surface area contributed by atoms with E-state index >= 15 is 0 Å². The van der Waals surface area contributed by atoms with Gasteiger partial charge in [-0.15, -0.1) is 0 Å². The van der Waals surface area contributed by atoms with Gasteiger partial charge in [0.25, 0.3) is 0 Å². The topological polar surface area (TPSA) is 79.5 Å². The number of hydrogen-bond donors (Lipinski definition) is 1. The molecule has 142 valence electrons. The number of furan rings is 1. The molecule has 0 aromatic carbocycles. The van der Waals surface area contributed by atoms with Gasteiger partial charge in [-0.25, -0.2) is 0 Å². The van der Waals surface area contributed by atoms with Crippen LogP contribution >= 0.6 is 0 Å². The Labute approximate surface area is 154 Å². The number of hydrogen-bond acceptors (Lipinski definition) is 8. The summed E-state index contributed by atoms with van der Waals surface area (Å²) in [5, 5.41) is 3.25. The van der Waals surface area contributed by atoms with Crippen molar-refractivity contribution in [3.63, 3.8) is 0 Å². The van der Waals surface area contributed by atoms with Gasteiger partial charge in [0.1, 0.15) is 17.3 Å². The van der Waals surface area contributed by atoms with Crippen molar-refractivity contribution < 1.29 is 9.15 Å². The van der Waals surface area contributed by atoms with E-state index in [4.69, 9.17) is 9.15 Å². The van der Waals surface area contributed by atoms with E-state index in [1.54, 1.807) is 0 Å². The molecule has 0 saturated carbocycles. The monoisotopic (exact) mass is 360 g/mol. The third-order valence-corrected chi connectivity index (χ3v) is 4.18. The van der Waals surface area contributed by atoms with E-state index in [9.17, 15) is 0 Å². The van der Waals surface area contributed by atoms with Gasteiger partial charge in [-0.3, -0.25) is 4.90 Å². The van der Waals surface area contributed by atoms with Gasteiger partial charge in [0, 0.05) is 33.1 Å². The molecular weight excluding hydrogens is 332 g/mol. The highest BCUT2D eigenvalue weighted by Gasteiger charge is 2.14. The molecule has 26 heavy (non-hydrogen) atoms. The molecular formula is C18H28N6O2. The van der Waals surface area contributed by atoms with Crippen molar-refractivity contribution in [1.29, 1.82) is 0 Å². The molecule has 3 rings (SSSR count). The second-order valence-corrected chi connectivity index (χ2v) is 6.98. The van der Waals surface area contributed by atoms with E-state index in [2.05, 4.69) is 39.0 Å². The van der Waals surface area contributed by atoms with E-state index in [1.165, 1.54) is 0 Å². The highest BCUT2D eigenvalue weighted by Crippen LogP contribution is 2.17. The fourth-order valence-corrected chi connectivity index (χ4v) is 2.67. The average Bonchev–Trinajstić information content (AvgIpc) is 3.08. The minimum absolute atomic E-state index is 0.237. The van der Waals surface area contributed by atoms with Crippen molar-refractivity contribution in [3.05, 3.63) is 29.5 Å². The molecule has 3 heterocycles. The van der Waals surface area contributed by atoms with E-state index in [0.29, 0.717) is 18.4 Å². The fourth-order valence-electron chi connectivity index (χ4n) is 2.67. The van der Waals surface area contributed by atoms with Crippen molar-refractivity contribution >= 4 is 11.9 Å². The Morgan fingerprint density at radius 2 is 1.85 bits per heavy atom. The molecule has 0 aliphatic carbocycles. The predicted octanol–water partition coefficient (Wildman–Crippen LogP) is 2.10. The summed E-state index contributed by atoms with van der Waals surface area (Å²) < 4.78 is 11.3. The molecule has 8 nitrogen and oxygen atoms in total. The summed E-state index contributed by atoms with van der Waals surface area (Å²) in [7, 11) is 3.85. The summed E-state index contributed by atoms with van der Waals surface area (Å²) in [5.41, 5.74) is 0. The van der Waals surface area contributed by atoms with Crippen LogP contribution in [0.4, 0.5) is 11.9 Å². The molecule has 0 unspecified atom stereocenters. The van der Waals surface area contributed by atoms with Crippen molar-refractivity contribution in [1.82, 2.24) is 19.9 Å². The third kappa shape index (κ3) is 4.92. The zero-order chi connectivity index (χ0) is 18.5. The van der Waals surface area contributed by atoms with Gasteiger partial charge in [0.15, 0.2) is 0 Å². The number of rotatable bonds is 7. The first-order chi connectivity index (χ1) is 12.5. The maximum atomic E-state index is 5.94. The Balaban J connectivity index is 1.61. The molecule has 2 aromatic rings. The van der Waals surface area contributed by atoms with Crippen LogP contribution in [0.2, 0.25) is 0 Å². The molecule has 0 spiro atoms. The fraction of sp³-hybridized carbons (Fsp3) is 0.611. The van der Waals surface area contributed by atoms with Crippen LogP contribution in [0.5, 0.6) is 0 Å². The van der Waals surface area contributed by atoms with Gasteiger partial charge in [-0.05, 0) is 12.1 Å². The molecule has 1 aliphatic heterocycles. The number of ether oxygens (including phenoxy) is 1. The molecule has 0 atom stereocenters. The lowest BCUT2D eigenvalue weighted by atomic mass is 10.2. The van der Waals surface area contributed by atoms with Crippen LogP contribution in [0.3, 0.4) is 0 Å². The predicted molar refractivity (Wildman–Crippen MR) is 100 cm³/mol. The molecule has 8 heteroatoms. The second-order valence-electron chi connectivity index (χ2n) is 6.98. The number of nitrogens with zero attached hydrogens (tertiary/aromatic N) is 5. The summed E-state index contributed by atoms with van der Waals surface area (Å²) in [6.45, 7) is 8.98. The van der Waals surface area contributed by atoms with Crippen molar-refractivity contribution in [2.45, 2.75) is 32.9 Å². The summed E-state index contributed by atoms with van der Waals surface area (Å²) >= 11 is 0. The van der Waals surface area contributed by atoms with Crippen LogP contribution in [0.1, 0.15) is 37.1 Å². The maximum Gasteiger partial charge on any atom is 0.229 e. The van der Waals surface area contributed by atoms with Crippen molar-refractivity contribution in [2.24, 2.45) is 0 Å². The van der Waals surface area contributed by atoms with Gasteiger partial charge in [0.05, 0.1) is 26.3 Å². The highest BCUT2D eigenvalue weighted by molar-refractivity contribution is 5.36. The van der Waals surface area contributed by atoms with Crippen molar-refractivity contribution in [2.75, 3.05) is 50.6 Å². The smallest absolute Gasteiger partial charge is 0.229 e. The zero-order valence-electron chi connectivity index (χ0n) is 16.0. The molecule has 2 aromatic heterocycles. The van der Waals surface area contributed by atoms with E-state index in [1.807, 2.05) is 31.1 Å². The largest absolute Gasteiger partial charge is 0.463 e. The Morgan fingerprint density at radius 3 is 2.54 bits per heavy atom. The minimum Gasteiger partial charge on any atom is -0.463 e. The average molecular weight is 360 g/mol. The van der Waals surface area contributed by atoms with Gasteiger partial charge in [-0.1, -0.05) is 13.8 Å². The van der Waals surface area contributed by atoms with Crippen LogP contribution in [-0.4, -0.2) is 60.3 Å². The molecule has 0 bridgehead atoms. The Morgan fingerprint density at radius 1 is 1.12 bits per heavy atom. The maximum absolute atomic E-state index is 5.94. The molecule has 1 fully saturated rings. The first kappa shape index (κ1) is 18.6. The molecule has 1 aliphatic rings. The van der Waals surface area contributed by atoms with Gasteiger partial charge in [-0.2, -0.15) is 15.0 Å². The van der Waals surface area contributed by atoms with Crippen LogP contribution in [-0.2, 0) is 17.8 Å². The first-order valence-electron chi connectivity index (χ1n) is 9.06. The van der Waals surface area contributed by atoms with Crippen molar-refractivity contribution in [3.8, 4) is 0 Å². The Bertz CT molecular complexity index is 683. The Kier molecular flexibility index (Phi) is 6.05. The van der Waals surface area contributed by atoms with Gasteiger partial charge >= 0.3 is 0 Å². The van der Waals surface area contributed by atoms with E-state index < -0.39 is 0 Å². The second kappa shape index (κ2) is 8.46. The summed E-state index contributed by atoms with van der Waals surface area (Å²) in [6.07, 6.45) is 0. The molecule has 0 radical (unpaired) electrons. The summed E-state index contributed by atoms with van der Waals surface area (Å²) in [4.78, 5) is 17.7. The van der Waals surface area contributed by atoms with Crippen LogP contribution in [0.15, 0.2) is 16.5 Å². The number of nitrogens with one attached hydrogen (secondary N) is 1. The lowest BCUT2D eigenvalue weighted by Crippen LogP contribution is -2.35. The van der Waals surface area contributed by atoms with Crippen LogP contribution in [0.25, 0.3) is 0 Å². The molecule has 1 N–H and O–H groups in total. The number of aromatic nitrogens is 3. The third-order valence-electron chi connectivity index (χ3n) is 4.18. The Hall–Kier alpha value is -2.19. The standard InChI is InChI=1S/C18H28N6O2/c1-13(2)16-20-17(22-18(21-16)23(3)4)19-11-14-5-6-15(26-14)12-24-7-9-25-10-8-24/h5-6,13H,7-12H2,1-4H3,(H,19,20,21,22). The SMILES string of the molecule is CC(C)c1nc(NCc2ccc(CN3CCOCC3)o2)nc(N(C)C)n1. The van der Waals surface area contributed by atoms with Gasteiger partial charge in [0.2, 0.25) is 11.9 Å². The van der Waals surface area contributed by atoms with E-state index in [0.717, 1.165) is 50.2 Å². The first-order valence-corrected chi connectivity index (χ1v) is 9.06. The minimum atomic E-state index is 0.237. The summed E-state index contributed by atoms with van der Waals surface area (Å²) in [6, 6.07) is 4.03. The van der Waals surface area contributed by atoms with Crippen LogP contribution in [0, 0.1) is 0 Å². The summed E-state index contributed by atoms with van der Waals surface area (Å²) in [5.74, 6) is 4.07. The van der Waals surface area contributed by atoms with Crippen LogP contribution < -0.4 is 10.2 Å². The molecule has 0 amide bonds. The lowest BCUT2D eigenvalue weighted by Gasteiger charge is -2.25.